The number of rotatable bonds is 9. The molecule has 270 valence electrons. The number of hydrogen-bond acceptors (Lipinski definition) is 10. The number of carbonyl (C=O) groups is 1. The van der Waals surface area contributed by atoms with Gasteiger partial charge in [0.25, 0.3) is 6.47 Å². The average molecular weight is 667 g/mol. The van der Waals surface area contributed by atoms with Gasteiger partial charge in [0, 0.05) is 5.41 Å². The summed E-state index contributed by atoms with van der Waals surface area (Å²) in [6, 6.07) is 0. The first kappa shape index (κ1) is 37.2. The molecule has 10 nitrogen and oxygen atoms in total. The van der Waals surface area contributed by atoms with Gasteiger partial charge in [-0.25, -0.2) is 0 Å². The van der Waals surface area contributed by atoms with E-state index in [0.717, 1.165) is 19.3 Å². The fourth-order valence-electron chi connectivity index (χ4n) is 12.3. The summed E-state index contributed by atoms with van der Waals surface area (Å²) in [5, 5.41) is 66.2. The van der Waals surface area contributed by atoms with Crippen LogP contribution in [0.3, 0.4) is 0 Å². The Labute approximate surface area is 280 Å². The number of hydrogen-bond donors (Lipinski definition) is 6. The summed E-state index contributed by atoms with van der Waals surface area (Å²) < 4.78 is 18.2. The summed E-state index contributed by atoms with van der Waals surface area (Å²) in [6.45, 7) is 17.2. The van der Waals surface area contributed by atoms with Gasteiger partial charge in [0.05, 0.1) is 24.4 Å². The predicted octanol–water partition coefficient (Wildman–Crippen LogP) is 3.48. The van der Waals surface area contributed by atoms with Crippen LogP contribution in [0.2, 0.25) is 0 Å². The van der Waals surface area contributed by atoms with Gasteiger partial charge < -0.3 is 44.8 Å². The van der Waals surface area contributed by atoms with Crippen LogP contribution in [0.5, 0.6) is 0 Å². The van der Waals surface area contributed by atoms with Gasteiger partial charge in [0.15, 0.2) is 6.29 Å². The second-order valence-corrected chi connectivity index (χ2v) is 17.6. The molecule has 0 bridgehead atoms. The molecule has 0 unspecified atom stereocenters. The van der Waals surface area contributed by atoms with Crippen LogP contribution in [0.1, 0.15) is 107 Å². The molecular weight excluding hydrogens is 604 g/mol. The van der Waals surface area contributed by atoms with E-state index in [2.05, 4.69) is 40.7 Å². The van der Waals surface area contributed by atoms with Crippen molar-refractivity contribution < 1.29 is 49.6 Å². The van der Waals surface area contributed by atoms with Crippen molar-refractivity contribution in [3.05, 3.63) is 11.6 Å². The van der Waals surface area contributed by atoms with Crippen molar-refractivity contribution in [3.8, 4) is 0 Å². The molecule has 4 saturated carbocycles. The molecule has 5 rings (SSSR count). The Morgan fingerprint density at radius 2 is 1.62 bits per heavy atom. The lowest BCUT2D eigenvalue weighted by molar-refractivity contribution is -0.336. The first-order chi connectivity index (χ1) is 21.8. The second-order valence-electron chi connectivity index (χ2n) is 17.6. The van der Waals surface area contributed by atoms with Crippen LogP contribution < -0.4 is 0 Å². The van der Waals surface area contributed by atoms with Crippen LogP contribution >= 0.6 is 0 Å². The first-order valence-electron chi connectivity index (χ1n) is 17.9. The summed E-state index contributed by atoms with van der Waals surface area (Å²) in [5.41, 5.74) is -1.07. The maximum Gasteiger partial charge on any atom is 0.293 e. The number of allylic oxidation sites excluding steroid dienone is 2. The first-order valence-corrected chi connectivity index (χ1v) is 17.9. The fourth-order valence-corrected chi connectivity index (χ4v) is 12.3. The third-order valence-corrected chi connectivity index (χ3v) is 14.6. The summed E-state index contributed by atoms with van der Waals surface area (Å²) in [7, 11) is 0. The third-order valence-electron chi connectivity index (χ3n) is 14.6. The molecule has 16 atom stereocenters. The molecule has 10 heteroatoms. The quantitative estimate of drug-likeness (QED) is 0.159. The highest BCUT2D eigenvalue weighted by molar-refractivity contribution is 5.38. The molecule has 0 aromatic carbocycles. The van der Waals surface area contributed by atoms with Gasteiger partial charge in [-0.1, -0.05) is 46.3 Å². The summed E-state index contributed by atoms with van der Waals surface area (Å²) in [6.07, 6.45) is -0.710. The molecule has 5 aliphatic rings. The van der Waals surface area contributed by atoms with Crippen molar-refractivity contribution in [1.82, 2.24) is 0 Å². The van der Waals surface area contributed by atoms with Gasteiger partial charge in [-0.15, -0.1) is 0 Å². The maximum atomic E-state index is 12.3. The number of carbonyl (C=O) groups excluding carboxylic acids is 1. The highest BCUT2D eigenvalue weighted by Gasteiger charge is 2.73. The minimum atomic E-state index is -1.55. The molecule has 1 aliphatic heterocycles. The van der Waals surface area contributed by atoms with E-state index in [1.54, 1.807) is 0 Å². The Morgan fingerprint density at radius 1 is 0.936 bits per heavy atom. The van der Waals surface area contributed by atoms with Gasteiger partial charge >= 0.3 is 0 Å². The average Bonchev–Trinajstić information content (AvgIpc) is 3.36. The standard InChI is InChI=1S/C37H62O10/c1-20(2)10-9-13-37(8,47-32-30(44)29(43)28(42)24(18-38)46-32)21-11-15-35(6)27(21)22(40)16-25-34(5)14-12-26(45-19-39)33(3,4)31(34)23(41)17-36(25,35)7/h10,19,21-32,38,40-44H,9,11-18H2,1-8H3/t21-,22+,23-,24+,25+,26-,27-,28+,29-,30+,31-,32-,34+,35+,36+,37-/m0/s1. The van der Waals surface area contributed by atoms with Crippen molar-refractivity contribution >= 4 is 6.47 Å². The van der Waals surface area contributed by atoms with Crippen LogP contribution in [-0.4, -0.2) is 98.3 Å². The van der Waals surface area contributed by atoms with Crippen molar-refractivity contribution in [2.24, 2.45) is 45.3 Å². The minimum absolute atomic E-state index is 0.0971. The Morgan fingerprint density at radius 3 is 2.23 bits per heavy atom. The van der Waals surface area contributed by atoms with Crippen LogP contribution in [0.4, 0.5) is 0 Å². The van der Waals surface area contributed by atoms with E-state index in [-0.39, 0.29) is 46.0 Å². The normalized spacial score (nSPS) is 50.3. The van der Waals surface area contributed by atoms with Crippen molar-refractivity contribution in [2.75, 3.05) is 6.61 Å². The summed E-state index contributed by atoms with van der Waals surface area (Å²) in [4.78, 5) is 11.4. The van der Waals surface area contributed by atoms with E-state index >= 15 is 0 Å². The predicted molar refractivity (Wildman–Crippen MR) is 175 cm³/mol. The molecule has 4 aliphatic carbocycles. The lowest BCUT2D eigenvalue weighted by atomic mass is 9.34. The zero-order chi connectivity index (χ0) is 34.9. The Balaban J connectivity index is 1.50. The smallest absolute Gasteiger partial charge is 0.293 e. The van der Waals surface area contributed by atoms with Crippen LogP contribution in [0.25, 0.3) is 0 Å². The van der Waals surface area contributed by atoms with E-state index in [4.69, 9.17) is 14.2 Å². The van der Waals surface area contributed by atoms with E-state index in [1.165, 1.54) is 5.57 Å². The second kappa shape index (κ2) is 12.9. The fraction of sp³-hybridized carbons (Fsp3) is 0.919. The van der Waals surface area contributed by atoms with Crippen LogP contribution in [-0.2, 0) is 19.0 Å². The zero-order valence-electron chi connectivity index (χ0n) is 29.8. The molecule has 0 spiro atoms. The van der Waals surface area contributed by atoms with E-state index in [0.29, 0.717) is 38.6 Å². The van der Waals surface area contributed by atoms with Crippen molar-refractivity contribution in [3.63, 3.8) is 0 Å². The SMILES string of the molecule is CC(C)=CCC[C@](C)(O[C@@H]1O[C@H](CO)[C@@H](O)[C@H](O)[C@H]1O)[C@H]1CC[C@]2(C)[C@@H]1[C@H](O)C[C@@H]1[C@@]3(C)CC[C@H](OC=O)C(C)(C)[C@@H]3[C@@H](O)C[C@]12C. The summed E-state index contributed by atoms with van der Waals surface area (Å²) in [5.74, 6) is -0.257. The van der Waals surface area contributed by atoms with Gasteiger partial charge in [0.1, 0.15) is 30.5 Å². The number of aliphatic hydroxyl groups is 6. The van der Waals surface area contributed by atoms with Gasteiger partial charge in [0.2, 0.25) is 0 Å². The molecule has 5 fully saturated rings. The highest BCUT2D eigenvalue weighted by Crippen LogP contribution is 2.76. The van der Waals surface area contributed by atoms with Gasteiger partial charge in [-0.3, -0.25) is 4.79 Å². The molecule has 1 saturated heterocycles. The molecule has 0 amide bonds. The number of aliphatic hydroxyl groups excluding tert-OH is 6. The molecule has 0 aromatic rings. The Bertz CT molecular complexity index is 1170. The maximum absolute atomic E-state index is 12.3. The van der Waals surface area contributed by atoms with Crippen LogP contribution in [0, 0.1) is 45.3 Å². The Kier molecular flexibility index (Phi) is 10.2. The lowest BCUT2D eigenvalue weighted by Crippen LogP contribution is -2.70. The summed E-state index contributed by atoms with van der Waals surface area (Å²) >= 11 is 0. The molecule has 6 N–H and O–H groups in total. The topological polar surface area (TPSA) is 166 Å². The van der Waals surface area contributed by atoms with E-state index in [9.17, 15) is 35.4 Å². The van der Waals surface area contributed by atoms with E-state index < -0.39 is 60.5 Å². The van der Waals surface area contributed by atoms with Crippen LogP contribution in [0.15, 0.2) is 11.6 Å². The largest absolute Gasteiger partial charge is 0.464 e. The van der Waals surface area contributed by atoms with Crippen molar-refractivity contribution in [2.45, 2.75) is 161 Å². The lowest BCUT2D eigenvalue weighted by Gasteiger charge is -2.71. The Hall–Kier alpha value is -1.11. The molecule has 47 heavy (non-hydrogen) atoms. The zero-order valence-corrected chi connectivity index (χ0v) is 29.8. The third kappa shape index (κ3) is 5.75. The number of ether oxygens (including phenoxy) is 3. The molecule has 0 radical (unpaired) electrons. The minimum Gasteiger partial charge on any atom is -0.464 e. The highest BCUT2D eigenvalue weighted by atomic mass is 16.7. The van der Waals surface area contributed by atoms with Gasteiger partial charge in [-0.05, 0) is 112 Å². The van der Waals surface area contributed by atoms with Gasteiger partial charge in [-0.2, -0.15) is 0 Å². The number of fused-ring (bicyclic) bond motifs is 5. The van der Waals surface area contributed by atoms with Crippen molar-refractivity contribution in [1.29, 1.82) is 0 Å². The molecule has 0 aromatic heterocycles. The molecule has 1 heterocycles. The van der Waals surface area contributed by atoms with E-state index in [1.807, 2.05) is 20.8 Å². The monoisotopic (exact) mass is 666 g/mol. The molecular formula is C37H62O10.